The largest absolute Gasteiger partial charge is 0.307 e. The number of hydrogen-bond acceptors (Lipinski definition) is 4. The summed E-state index contributed by atoms with van der Waals surface area (Å²) in [6, 6.07) is 11.2. The number of anilines is 1. The van der Waals surface area contributed by atoms with Gasteiger partial charge in [-0.05, 0) is 32.4 Å². The molecule has 0 spiro atoms. The molecule has 2 N–H and O–H groups in total. The van der Waals surface area contributed by atoms with Gasteiger partial charge in [-0.2, -0.15) is 9.78 Å². The highest BCUT2D eigenvalue weighted by Gasteiger charge is 2.13. The van der Waals surface area contributed by atoms with Crippen molar-refractivity contribution in [1.82, 2.24) is 19.7 Å². The molecule has 3 rings (SSSR count). The lowest BCUT2D eigenvalue weighted by molar-refractivity contribution is -0.111. The Kier molecular flexibility index (Phi) is 4.79. The second-order valence-electron chi connectivity index (χ2n) is 5.92. The Bertz CT molecular complexity index is 1030. The van der Waals surface area contributed by atoms with Crippen LogP contribution >= 0.6 is 0 Å². The second kappa shape index (κ2) is 7.18. The topological polar surface area (TPSA) is 92.7 Å². The van der Waals surface area contributed by atoms with Crippen LogP contribution in [-0.4, -0.2) is 25.7 Å². The first-order valence-electron chi connectivity index (χ1n) is 8.12. The molecule has 1 amide bonds. The highest BCUT2D eigenvalue weighted by atomic mass is 16.1. The van der Waals surface area contributed by atoms with Crippen molar-refractivity contribution in [3.05, 3.63) is 75.3 Å². The van der Waals surface area contributed by atoms with Crippen LogP contribution in [0.2, 0.25) is 0 Å². The van der Waals surface area contributed by atoms with E-state index in [4.69, 9.17) is 0 Å². The van der Waals surface area contributed by atoms with Crippen LogP contribution in [0.15, 0.2) is 47.3 Å². The van der Waals surface area contributed by atoms with E-state index in [0.29, 0.717) is 22.8 Å². The molecule has 7 heteroatoms. The van der Waals surface area contributed by atoms with Gasteiger partial charge in [-0.1, -0.05) is 30.3 Å². The van der Waals surface area contributed by atoms with E-state index in [1.54, 1.807) is 32.9 Å². The number of rotatable bonds is 4. The third kappa shape index (κ3) is 3.77. The molecule has 0 saturated carbocycles. The van der Waals surface area contributed by atoms with Crippen molar-refractivity contribution in [1.29, 1.82) is 0 Å². The number of hydrogen-bond donors (Lipinski definition) is 2. The molecule has 0 radical (unpaired) electrons. The summed E-state index contributed by atoms with van der Waals surface area (Å²) in [5.41, 5.74) is 2.54. The van der Waals surface area contributed by atoms with Gasteiger partial charge in [-0.15, -0.1) is 0 Å². The monoisotopic (exact) mass is 349 g/mol. The van der Waals surface area contributed by atoms with Crippen molar-refractivity contribution in [3.63, 3.8) is 0 Å². The fourth-order valence-corrected chi connectivity index (χ4v) is 2.38. The maximum absolute atomic E-state index is 12.2. The molecule has 0 saturated heterocycles. The van der Waals surface area contributed by atoms with Crippen molar-refractivity contribution in [2.75, 3.05) is 5.32 Å². The van der Waals surface area contributed by atoms with Gasteiger partial charge in [0.2, 0.25) is 11.9 Å². The number of aryl methyl sites for hydroxylation is 2. The summed E-state index contributed by atoms with van der Waals surface area (Å²) in [6.07, 6.45) is 3.16. The van der Waals surface area contributed by atoms with E-state index < -0.39 is 0 Å². The van der Waals surface area contributed by atoms with E-state index in [2.05, 4.69) is 20.4 Å². The molecule has 0 unspecified atom stereocenters. The Hall–Kier alpha value is -3.48. The molecular formula is C19H19N5O2. The fourth-order valence-electron chi connectivity index (χ4n) is 2.38. The van der Waals surface area contributed by atoms with Gasteiger partial charge in [0.15, 0.2) is 0 Å². The zero-order valence-electron chi connectivity index (χ0n) is 14.8. The molecule has 0 atom stereocenters. The molecule has 0 bridgehead atoms. The van der Waals surface area contributed by atoms with Crippen molar-refractivity contribution >= 4 is 17.8 Å². The Morgan fingerprint density at radius 2 is 1.92 bits per heavy atom. The molecule has 26 heavy (non-hydrogen) atoms. The molecule has 3 aromatic rings. The number of H-pyrrole nitrogens is 1. The first-order chi connectivity index (χ1) is 12.4. The summed E-state index contributed by atoms with van der Waals surface area (Å²) in [5.74, 6) is 0.381. The van der Waals surface area contributed by atoms with E-state index in [-0.39, 0.29) is 17.4 Å². The van der Waals surface area contributed by atoms with E-state index in [1.165, 1.54) is 10.8 Å². The number of carbonyl (C=O) groups excluding carboxylic acids is 1. The van der Waals surface area contributed by atoms with E-state index >= 15 is 0 Å². The summed E-state index contributed by atoms with van der Waals surface area (Å²) >= 11 is 0. The minimum atomic E-state index is -0.304. The van der Waals surface area contributed by atoms with Crippen LogP contribution in [0.4, 0.5) is 5.82 Å². The molecule has 0 aliphatic heterocycles. The van der Waals surface area contributed by atoms with Crippen LogP contribution < -0.4 is 10.9 Å². The van der Waals surface area contributed by atoms with Crippen LogP contribution in [0.5, 0.6) is 0 Å². The number of nitrogens with one attached hydrogen (secondary N) is 2. The van der Waals surface area contributed by atoms with Crippen LogP contribution in [0, 0.1) is 20.8 Å². The molecule has 2 aromatic heterocycles. The number of nitrogens with zero attached hydrogens (tertiary/aromatic N) is 3. The molecule has 7 nitrogen and oxygen atoms in total. The third-order valence-corrected chi connectivity index (χ3v) is 3.89. The highest BCUT2D eigenvalue weighted by Crippen LogP contribution is 2.14. The zero-order valence-corrected chi connectivity index (χ0v) is 14.8. The molecule has 1 aromatic carbocycles. The number of benzene rings is 1. The first kappa shape index (κ1) is 17.3. The van der Waals surface area contributed by atoms with Crippen molar-refractivity contribution in [3.8, 4) is 5.95 Å². The average molecular weight is 349 g/mol. The molecule has 0 aliphatic carbocycles. The smallest absolute Gasteiger partial charge is 0.255 e. The van der Waals surface area contributed by atoms with Crippen LogP contribution in [-0.2, 0) is 4.79 Å². The van der Waals surface area contributed by atoms with Gasteiger partial charge in [-0.25, -0.2) is 4.98 Å². The van der Waals surface area contributed by atoms with Crippen molar-refractivity contribution < 1.29 is 4.79 Å². The quantitative estimate of drug-likeness (QED) is 0.708. The van der Waals surface area contributed by atoms with Gasteiger partial charge in [-0.3, -0.25) is 14.6 Å². The van der Waals surface area contributed by atoms with Gasteiger partial charge < -0.3 is 5.32 Å². The summed E-state index contributed by atoms with van der Waals surface area (Å²) < 4.78 is 1.41. The van der Waals surface area contributed by atoms with Gasteiger partial charge in [0.25, 0.3) is 5.56 Å². The van der Waals surface area contributed by atoms with Crippen LogP contribution in [0.1, 0.15) is 22.5 Å². The summed E-state index contributed by atoms with van der Waals surface area (Å²) in [6.45, 7) is 5.26. The zero-order chi connectivity index (χ0) is 18.7. The number of aromatic nitrogens is 4. The molecule has 0 aliphatic rings. The van der Waals surface area contributed by atoms with Crippen LogP contribution in [0.3, 0.4) is 0 Å². The average Bonchev–Trinajstić information content (AvgIpc) is 2.98. The van der Waals surface area contributed by atoms with E-state index in [0.717, 1.165) is 5.56 Å². The Morgan fingerprint density at radius 1 is 1.19 bits per heavy atom. The molecule has 132 valence electrons. The maximum Gasteiger partial charge on any atom is 0.255 e. The predicted octanol–water partition coefficient (Wildman–Crippen LogP) is 2.53. The minimum Gasteiger partial charge on any atom is -0.307 e. The van der Waals surface area contributed by atoms with Gasteiger partial charge in [0, 0.05) is 23.4 Å². The van der Waals surface area contributed by atoms with Gasteiger partial charge in [0.1, 0.15) is 5.82 Å². The lowest BCUT2D eigenvalue weighted by Gasteiger charge is -2.08. The number of amides is 1. The SMILES string of the molecule is Cc1cc(NC(=O)C=Cc2ccccc2)n(-c2nc(C)c(C)c(=O)[nH]2)n1. The fraction of sp³-hybridized carbons (Fsp3) is 0.158. The Labute approximate surface area is 150 Å². The third-order valence-electron chi connectivity index (χ3n) is 3.89. The number of carbonyl (C=O) groups is 1. The summed E-state index contributed by atoms with van der Waals surface area (Å²) in [4.78, 5) is 31.3. The van der Waals surface area contributed by atoms with Crippen molar-refractivity contribution in [2.45, 2.75) is 20.8 Å². The molecular weight excluding hydrogens is 330 g/mol. The Morgan fingerprint density at radius 3 is 2.62 bits per heavy atom. The minimum absolute atomic E-state index is 0.234. The standard InChI is InChI=1S/C19H19N5O2/c1-12-11-16(21-17(25)10-9-15-7-5-4-6-8-15)24(23-12)19-20-14(3)13(2)18(26)22-19/h4-11H,1-3H3,(H,21,25)(H,20,22,26). The summed E-state index contributed by atoms with van der Waals surface area (Å²) in [5, 5.41) is 7.08. The second-order valence-corrected chi connectivity index (χ2v) is 5.92. The van der Waals surface area contributed by atoms with Gasteiger partial charge >= 0.3 is 0 Å². The normalized spacial score (nSPS) is 11.0. The predicted molar refractivity (Wildman–Crippen MR) is 100 cm³/mol. The Balaban J connectivity index is 1.87. The lowest BCUT2D eigenvalue weighted by atomic mass is 10.2. The summed E-state index contributed by atoms with van der Waals surface area (Å²) in [7, 11) is 0. The number of aromatic amines is 1. The highest BCUT2D eigenvalue weighted by molar-refractivity contribution is 6.01. The first-order valence-corrected chi connectivity index (χ1v) is 8.12. The van der Waals surface area contributed by atoms with E-state index in [1.807, 2.05) is 30.3 Å². The van der Waals surface area contributed by atoms with Crippen molar-refractivity contribution in [2.24, 2.45) is 0 Å². The molecule has 0 fully saturated rings. The maximum atomic E-state index is 12.2. The lowest BCUT2D eigenvalue weighted by Crippen LogP contribution is -2.20. The van der Waals surface area contributed by atoms with Crippen LogP contribution in [0.25, 0.3) is 12.0 Å². The van der Waals surface area contributed by atoms with Gasteiger partial charge in [0.05, 0.1) is 5.69 Å². The van der Waals surface area contributed by atoms with E-state index in [9.17, 15) is 9.59 Å². The molecule has 2 heterocycles.